The number of hydrogen-bond donors (Lipinski definition) is 0. The van der Waals surface area contributed by atoms with Crippen LogP contribution in [0.25, 0.3) is 129 Å². The van der Waals surface area contributed by atoms with Crippen LogP contribution in [0.2, 0.25) is 0 Å². The summed E-state index contributed by atoms with van der Waals surface area (Å²) in [5.41, 5.74) is 12.4. The van der Waals surface area contributed by atoms with Gasteiger partial charge in [0.05, 0.1) is 38.0 Å². The molecule has 0 saturated carbocycles. The zero-order chi connectivity index (χ0) is 41.9. The minimum Gasteiger partial charge on any atom is -0.310 e. The van der Waals surface area contributed by atoms with Crippen LogP contribution in [0, 0.1) is 0 Å². The van der Waals surface area contributed by atoms with Crippen molar-refractivity contribution in [1.82, 2.24) is 19.1 Å². The van der Waals surface area contributed by atoms with Gasteiger partial charge in [0.2, 0.25) is 5.95 Å². The van der Waals surface area contributed by atoms with Gasteiger partial charge >= 0.3 is 0 Å². The van der Waals surface area contributed by atoms with Crippen LogP contribution in [0.4, 0.5) is 0 Å². The van der Waals surface area contributed by atoms with E-state index in [4.69, 9.17) is 9.97 Å². The first kappa shape index (κ1) is 35.9. The van der Waals surface area contributed by atoms with E-state index >= 15 is 0 Å². The molecule has 5 aromatic heterocycles. The van der Waals surface area contributed by atoms with E-state index in [-0.39, 0.29) is 0 Å². The summed E-state index contributed by atoms with van der Waals surface area (Å²) in [5, 5.41) is 9.86. The van der Waals surface area contributed by atoms with Crippen molar-refractivity contribution in [2.45, 2.75) is 12.8 Å². The fraction of sp³-hybridized carbons (Fsp3) is 0.0345. The molecule has 0 fully saturated rings. The zero-order valence-corrected chi connectivity index (χ0v) is 36.1. The molecule has 0 spiro atoms. The smallest absolute Gasteiger partial charge is 0.235 e. The zero-order valence-electron chi connectivity index (χ0n) is 34.5. The molecular weight excluding hydrogens is 817 g/mol. The van der Waals surface area contributed by atoms with E-state index in [0.717, 1.165) is 45.3 Å². The molecule has 6 heteroatoms. The normalized spacial score (nSPS) is 13.2. The molecule has 1 aliphatic rings. The topological polar surface area (TPSA) is 35.6 Å². The molecule has 0 unspecified atom stereocenters. The molecule has 0 N–H and O–H groups in total. The Morgan fingerprint density at radius 2 is 1.12 bits per heavy atom. The van der Waals surface area contributed by atoms with Crippen molar-refractivity contribution >= 4 is 113 Å². The third-order valence-corrected chi connectivity index (χ3v) is 15.5. The predicted octanol–water partition coefficient (Wildman–Crippen LogP) is 16.6. The molecule has 0 bridgehead atoms. The van der Waals surface area contributed by atoms with Crippen LogP contribution < -0.4 is 0 Å². The van der Waals surface area contributed by atoms with E-state index in [1.807, 2.05) is 11.3 Å². The maximum Gasteiger partial charge on any atom is 0.235 e. The number of thiophene rings is 2. The number of fused-ring (bicyclic) bond motifs is 12. The largest absolute Gasteiger partial charge is 0.310 e. The molecule has 300 valence electrons. The average Bonchev–Trinajstić information content (AvgIpc) is 4.13. The summed E-state index contributed by atoms with van der Waals surface area (Å²) in [7, 11) is 0. The summed E-state index contributed by atoms with van der Waals surface area (Å²) < 4.78 is 8.38. The van der Waals surface area contributed by atoms with Gasteiger partial charge in [-0.05, 0) is 107 Å². The first-order valence-corrected chi connectivity index (χ1v) is 23.5. The van der Waals surface area contributed by atoms with Crippen molar-refractivity contribution in [3.8, 4) is 38.8 Å². The highest BCUT2D eigenvalue weighted by Crippen LogP contribution is 2.44. The van der Waals surface area contributed by atoms with Crippen LogP contribution in [0.3, 0.4) is 0 Å². The fourth-order valence-electron chi connectivity index (χ4n) is 10.2. The number of allylic oxidation sites excluding steroid dienone is 4. The third-order valence-electron chi connectivity index (χ3n) is 13.2. The van der Waals surface area contributed by atoms with Gasteiger partial charge in [-0.15, -0.1) is 22.7 Å². The molecule has 0 aliphatic heterocycles. The summed E-state index contributed by atoms with van der Waals surface area (Å²) in [4.78, 5) is 12.3. The van der Waals surface area contributed by atoms with Crippen molar-refractivity contribution in [3.63, 3.8) is 0 Å². The van der Waals surface area contributed by atoms with Gasteiger partial charge in [-0.2, -0.15) is 0 Å². The second-order valence-corrected chi connectivity index (χ2v) is 18.9. The quantitative estimate of drug-likeness (QED) is 0.173. The summed E-state index contributed by atoms with van der Waals surface area (Å²) in [5.74, 6) is 0.665. The molecule has 13 aromatic rings. The highest BCUT2D eigenvalue weighted by molar-refractivity contribution is 7.25. The van der Waals surface area contributed by atoms with E-state index in [9.17, 15) is 0 Å². The molecular formula is C58H36N4S2. The fourth-order valence-corrected chi connectivity index (χ4v) is 12.4. The minimum absolute atomic E-state index is 0.665. The van der Waals surface area contributed by atoms with Crippen molar-refractivity contribution in [2.24, 2.45) is 0 Å². The molecule has 14 rings (SSSR count). The van der Waals surface area contributed by atoms with Gasteiger partial charge in [0.1, 0.15) is 0 Å². The van der Waals surface area contributed by atoms with Gasteiger partial charge in [0.25, 0.3) is 0 Å². The Morgan fingerprint density at radius 3 is 1.98 bits per heavy atom. The van der Waals surface area contributed by atoms with Crippen LogP contribution in [-0.4, -0.2) is 19.1 Å². The number of rotatable bonds is 5. The van der Waals surface area contributed by atoms with E-state index < -0.39 is 0 Å². The van der Waals surface area contributed by atoms with Gasteiger partial charge < -0.3 is 4.57 Å². The predicted molar refractivity (Wildman–Crippen MR) is 274 cm³/mol. The van der Waals surface area contributed by atoms with Gasteiger partial charge in [-0.1, -0.05) is 127 Å². The molecule has 8 aromatic carbocycles. The molecule has 64 heavy (non-hydrogen) atoms. The highest BCUT2D eigenvalue weighted by atomic mass is 32.1. The van der Waals surface area contributed by atoms with E-state index in [1.165, 1.54) is 90.8 Å². The Labute approximate surface area is 375 Å². The van der Waals surface area contributed by atoms with E-state index in [1.54, 1.807) is 11.3 Å². The van der Waals surface area contributed by atoms with Gasteiger partial charge in [-0.3, -0.25) is 4.57 Å². The highest BCUT2D eigenvalue weighted by Gasteiger charge is 2.22. The van der Waals surface area contributed by atoms with Crippen molar-refractivity contribution in [3.05, 3.63) is 194 Å². The number of benzene rings is 8. The van der Waals surface area contributed by atoms with Crippen LogP contribution in [0.15, 0.2) is 194 Å². The van der Waals surface area contributed by atoms with Crippen molar-refractivity contribution in [2.75, 3.05) is 0 Å². The first-order chi connectivity index (χ1) is 31.7. The molecule has 0 saturated heterocycles. The Bertz CT molecular complexity index is 4140. The Kier molecular flexibility index (Phi) is 7.82. The number of hydrogen-bond acceptors (Lipinski definition) is 4. The second kappa shape index (κ2) is 13.9. The summed E-state index contributed by atoms with van der Waals surface area (Å²) in [6.07, 6.45) is 9.07. The molecule has 0 radical (unpaired) electrons. The van der Waals surface area contributed by atoms with Crippen LogP contribution in [0.1, 0.15) is 12.8 Å². The van der Waals surface area contributed by atoms with E-state index in [0.29, 0.717) is 5.95 Å². The van der Waals surface area contributed by atoms with Gasteiger partial charge in [0, 0.05) is 57.9 Å². The molecule has 0 atom stereocenters. The molecule has 5 heterocycles. The lowest BCUT2D eigenvalue weighted by Gasteiger charge is -2.12. The van der Waals surface area contributed by atoms with Gasteiger partial charge in [-0.25, -0.2) is 9.97 Å². The molecule has 1 aliphatic carbocycles. The number of para-hydroxylation sites is 1. The lowest BCUT2D eigenvalue weighted by molar-refractivity contribution is 1.02. The number of nitrogens with zero attached hydrogens (tertiary/aromatic N) is 4. The summed E-state index contributed by atoms with van der Waals surface area (Å²) in [6, 6.07) is 64.4. The van der Waals surface area contributed by atoms with Crippen LogP contribution in [0.5, 0.6) is 0 Å². The molecule has 4 nitrogen and oxygen atoms in total. The molecule has 0 amide bonds. The van der Waals surface area contributed by atoms with Crippen molar-refractivity contribution in [1.29, 1.82) is 0 Å². The Morgan fingerprint density at radius 1 is 0.438 bits per heavy atom. The first-order valence-electron chi connectivity index (χ1n) is 21.9. The van der Waals surface area contributed by atoms with Crippen LogP contribution in [-0.2, 0) is 0 Å². The van der Waals surface area contributed by atoms with Crippen LogP contribution >= 0.6 is 22.7 Å². The second-order valence-electron chi connectivity index (χ2n) is 16.8. The van der Waals surface area contributed by atoms with Crippen molar-refractivity contribution < 1.29 is 0 Å². The Balaban J connectivity index is 1.01. The minimum atomic E-state index is 0.665. The maximum atomic E-state index is 5.61. The maximum absolute atomic E-state index is 5.61. The number of aromatic nitrogens is 4. The summed E-state index contributed by atoms with van der Waals surface area (Å²) >= 11 is 3.61. The van der Waals surface area contributed by atoms with E-state index in [2.05, 4.69) is 203 Å². The average molecular weight is 853 g/mol. The van der Waals surface area contributed by atoms with Gasteiger partial charge in [0.15, 0.2) is 0 Å². The standard InChI is InChI=1S/C58H36N4S2/c1-3-14-36(15-4-1)54-34-47-57(64-54)56(39-26-30-53-45(33-39)43-20-10-12-22-52(43)63-53)60-58(59-47)62-50-28-25-38(32-46(50)55-41-18-8-7-13-35(41)23-29-51(55)62)37-24-27-49-44(31-37)42-19-9-11-21-48(42)61(49)40-16-5-2-6-17-40/h1,3-5,7-34H,2,6H2. The third kappa shape index (κ3) is 5.40. The lowest BCUT2D eigenvalue weighted by Crippen LogP contribution is -2.02. The SMILES string of the molecule is C1=CC(n2c3ccccc3c3cc(-c4ccc5c(c4)c4c6ccccc6ccc4n5-c4nc(-c5ccc6sc7ccccc7c6c5)c5sc(-c6ccccc6)cc5n4)ccc32)=CCC1. The lowest BCUT2D eigenvalue weighted by atomic mass is 9.99. The summed E-state index contributed by atoms with van der Waals surface area (Å²) in [6.45, 7) is 0. The monoisotopic (exact) mass is 852 g/mol. The Hall–Kier alpha value is -7.64.